The number of anilines is 1. The van der Waals surface area contributed by atoms with Crippen molar-refractivity contribution in [3.63, 3.8) is 0 Å². The first-order valence-electron chi connectivity index (χ1n) is 5.91. The van der Waals surface area contributed by atoms with Gasteiger partial charge in [0.25, 0.3) is 0 Å². The van der Waals surface area contributed by atoms with Crippen LogP contribution in [0.1, 0.15) is 12.5 Å². The summed E-state index contributed by atoms with van der Waals surface area (Å²) in [7, 11) is 0. The van der Waals surface area contributed by atoms with Gasteiger partial charge in [0.1, 0.15) is 0 Å². The van der Waals surface area contributed by atoms with E-state index in [4.69, 9.17) is 5.73 Å². The van der Waals surface area contributed by atoms with Crippen LogP contribution >= 0.6 is 0 Å². The Labute approximate surface area is 108 Å². The Bertz CT molecular complexity index is 491. The van der Waals surface area contributed by atoms with E-state index in [-0.39, 0.29) is 0 Å². The van der Waals surface area contributed by atoms with Crippen LogP contribution in [0.15, 0.2) is 48.5 Å². The summed E-state index contributed by atoms with van der Waals surface area (Å²) in [6.45, 7) is 4.51. The first-order valence-corrected chi connectivity index (χ1v) is 9.11. The molecule has 2 rings (SSSR count). The van der Waals surface area contributed by atoms with Gasteiger partial charge < -0.3 is 0 Å². The summed E-state index contributed by atoms with van der Waals surface area (Å²) in [4.78, 5) is 0. The molecule has 0 fully saturated rings. The second-order valence-electron chi connectivity index (χ2n) is 4.12. The molecule has 2 aromatic carbocycles. The summed E-state index contributed by atoms with van der Waals surface area (Å²) in [6, 6.07) is 17.2. The van der Waals surface area contributed by atoms with E-state index in [0.717, 1.165) is 5.69 Å². The predicted octanol–water partition coefficient (Wildman–Crippen LogP) is 2.21. The van der Waals surface area contributed by atoms with Gasteiger partial charge in [-0.05, 0) is 0 Å². The molecule has 0 saturated heterocycles. The summed E-state index contributed by atoms with van der Waals surface area (Å²) in [5.74, 6) is 0. The van der Waals surface area contributed by atoms with Gasteiger partial charge in [0.05, 0.1) is 0 Å². The third-order valence-electron chi connectivity index (χ3n) is 2.93. The average Bonchev–Trinajstić information content (AvgIpc) is 2.35. The maximum atomic E-state index is 5.75. The van der Waals surface area contributed by atoms with Gasteiger partial charge in [-0.15, -0.1) is 0 Å². The molecule has 0 bridgehead atoms. The molecule has 0 spiro atoms. The van der Waals surface area contributed by atoms with Gasteiger partial charge in [0, 0.05) is 0 Å². The molecule has 0 saturated carbocycles. The molecule has 0 aliphatic carbocycles. The van der Waals surface area contributed by atoms with Gasteiger partial charge in [-0.2, -0.15) is 0 Å². The summed E-state index contributed by atoms with van der Waals surface area (Å²) in [6.07, 6.45) is 0. The molecule has 1 atom stereocenters. The van der Waals surface area contributed by atoms with Crippen molar-refractivity contribution in [2.24, 2.45) is 0 Å². The van der Waals surface area contributed by atoms with Crippen molar-refractivity contribution < 1.29 is 0 Å². The van der Waals surface area contributed by atoms with Gasteiger partial charge in [0.15, 0.2) is 0 Å². The van der Waals surface area contributed by atoms with Crippen molar-refractivity contribution in [2.75, 3.05) is 5.73 Å². The third kappa shape index (κ3) is 2.73. The van der Waals surface area contributed by atoms with Crippen LogP contribution in [0.4, 0.5) is 5.69 Å². The van der Waals surface area contributed by atoms with E-state index in [2.05, 4.69) is 50.2 Å². The van der Waals surface area contributed by atoms with E-state index in [1.807, 2.05) is 12.1 Å². The minimum absolute atomic E-state index is 0.851. The molecule has 0 aromatic heterocycles. The summed E-state index contributed by atoms with van der Waals surface area (Å²) < 4.78 is 3.05. The number of hydrogen-bond donors (Lipinski definition) is 1. The van der Waals surface area contributed by atoms with Gasteiger partial charge >= 0.3 is 108 Å². The molecule has 2 N–H and O–H groups in total. The second kappa shape index (κ2) is 5.42. The van der Waals surface area contributed by atoms with E-state index in [9.17, 15) is 0 Å². The molecule has 17 heavy (non-hydrogen) atoms. The van der Waals surface area contributed by atoms with Gasteiger partial charge in [-0.3, -0.25) is 0 Å². The van der Waals surface area contributed by atoms with Crippen LogP contribution in [0.2, 0.25) is 5.21 Å². The third-order valence-corrected chi connectivity index (χ3v) is 8.46. The average molecular weight is 287 g/mol. The Morgan fingerprint density at radius 2 is 1.65 bits per heavy atom. The number of benzene rings is 2. The monoisotopic (exact) mass is 287 g/mol. The van der Waals surface area contributed by atoms with Gasteiger partial charge in [-0.25, -0.2) is 0 Å². The maximum absolute atomic E-state index is 5.75. The molecule has 1 unspecified atom stereocenters. The first kappa shape index (κ1) is 12.3. The van der Waals surface area contributed by atoms with Crippen LogP contribution in [-0.4, -0.2) is 14.7 Å². The fraction of sp³-hybridized carbons (Fsp3) is 0.200. The normalized spacial score (nSPS) is 12.4. The molecule has 0 aliphatic rings. The molecule has 1 nitrogen and oxygen atoms in total. The fourth-order valence-electron chi connectivity index (χ4n) is 2.01. The summed E-state index contributed by atoms with van der Waals surface area (Å²) >= 11 is -1.12. The molecule has 2 heteroatoms. The zero-order valence-electron chi connectivity index (χ0n) is 10.4. The quantitative estimate of drug-likeness (QED) is 0.680. The van der Waals surface area contributed by atoms with Crippen molar-refractivity contribution in [2.45, 2.75) is 19.1 Å². The molecular weight excluding hydrogens is 269 g/mol. The molecule has 0 amide bonds. The first-order chi connectivity index (χ1) is 8.22. The summed E-state index contributed by atoms with van der Waals surface area (Å²) in [5, 5.41) is 1.25. The Morgan fingerprint density at radius 1 is 1.00 bits per heavy atom. The van der Waals surface area contributed by atoms with Crippen LogP contribution < -0.4 is 14.4 Å². The second-order valence-corrected chi connectivity index (χ2v) is 9.34. The predicted molar refractivity (Wildman–Crippen MR) is 77.5 cm³/mol. The van der Waals surface area contributed by atoms with Gasteiger partial charge in [0.2, 0.25) is 0 Å². The Morgan fingerprint density at radius 3 is 2.24 bits per heavy atom. The minimum atomic E-state index is -1.12. The number of hydrogen-bond acceptors (Lipinski definition) is 1. The Balaban J connectivity index is 2.40. The van der Waals surface area contributed by atoms with Crippen molar-refractivity contribution >= 4 is 29.0 Å². The van der Waals surface area contributed by atoms with Crippen LogP contribution in [0.25, 0.3) is 0 Å². The van der Waals surface area contributed by atoms with Crippen molar-refractivity contribution in [3.05, 3.63) is 54.1 Å². The topological polar surface area (TPSA) is 26.0 Å². The Kier molecular flexibility index (Phi) is 3.91. The van der Waals surface area contributed by atoms with Crippen molar-refractivity contribution in [1.29, 1.82) is 0 Å². The van der Waals surface area contributed by atoms with Crippen LogP contribution in [0, 0.1) is 6.92 Å². The Hall–Kier alpha value is -1.20. The zero-order valence-corrected chi connectivity index (χ0v) is 12.2. The van der Waals surface area contributed by atoms with Crippen molar-refractivity contribution in [1.82, 2.24) is 0 Å². The van der Waals surface area contributed by atoms with E-state index in [0.29, 0.717) is 0 Å². The standard InChI is InChI=1S/C15H18AsN/c1-3-16(13-8-10-14(17)11-9-13)15-7-5-4-6-12(15)2/h4-11H,3,17H2,1-2H3. The van der Waals surface area contributed by atoms with Crippen molar-refractivity contribution in [3.8, 4) is 0 Å². The number of aryl methyl sites for hydroxylation is 1. The van der Waals surface area contributed by atoms with Gasteiger partial charge in [-0.1, -0.05) is 0 Å². The zero-order chi connectivity index (χ0) is 12.3. The van der Waals surface area contributed by atoms with E-state index < -0.39 is 14.7 Å². The van der Waals surface area contributed by atoms with E-state index >= 15 is 0 Å². The SMILES string of the molecule is CC[As](c1ccc(N)cc1)c1ccccc1C. The van der Waals surface area contributed by atoms with Crippen LogP contribution in [0.5, 0.6) is 0 Å². The molecule has 2 aromatic rings. The molecule has 88 valence electrons. The molecule has 0 heterocycles. The summed E-state index contributed by atoms with van der Waals surface area (Å²) in [5.41, 5.74) is 8.03. The number of nitrogen functional groups attached to an aromatic ring is 1. The number of nitrogens with two attached hydrogens (primary N) is 1. The molecule has 0 aliphatic heterocycles. The van der Waals surface area contributed by atoms with E-state index in [1.54, 1.807) is 4.35 Å². The van der Waals surface area contributed by atoms with Crippen LogP contribution in [0.3, 0.4) is 0 Å². The fourth-order valence-corrected chi connectivity index (χ4v) is 6.75. The molecular formula is C15H18AsN. The molecule has 0 radical (unpaired) electrons. The number of rotatable bonds is 3. The van der Waals surface area contributed by atoms with E-state index in [1.165, 1.54) is 15.1 Å². The van der Waals surface area contributed by atoms with Crippen LogP contribution in [-0.2, 0) is 0 Å².